The molecular weight excluding hydrogens is 340 g/mol. The molecule has 0 unspecified atom stereocenters. The zero-order chi connectivity index (χ0) is 16.5. The Bertz CT molecular complexity index is 727. The highest BCUT2D eigenvalue weighted by atomic mass is 35.5. The Kier molecular flexibility index (Phi) is 4.59. The van der Waals surface area contributed by atoms with Crippen LogP contribution in [0.2, 0.25) is 5.02 Å². The van der Waals surface area contributed by atoms with Crippen molar-refractivity contribution in [2.45, 2.75) is 32.1 Å². The number of benzene rings is 1. The molecule has 2 atom stereocenters. The van der Waals surface area contributed by atoms with Gasteiger partial charge in [0.15, 0.2) is 0 Å². The lowest BCUT2D eigenvalue weighted by Crippen LogP contribution is -2.44. The lowest BCUT2D eigenvalue weighted by molar-refractivity contribution is 0.0516. The smallest absolute Gasteiger partial charge is 0.273 e. The van der Waals surface area contributed by atoms with E-state index in [1.165, 1.54) is 37.0 Å². The maximum absolute atomic E-state index is 12.8. The van der Waals surface area contributed by atoms with Crippen molar-refractivity contribution in [3.63, 3.8) is 0 Å². The van der Waals surface area contributed by atoms with E-state index in [1.807, 2.05) is 34.5 Å². The monoisotopic (exact) mass is 360 g/mol. The van der Waals surface area contributed by atoms with Crippen LogP contribution in [0.15, 0.2) is 29.6 Å². The van der Waals surface area contributed by atoms with Crippen molar-refractivity contribution < 1.29 is 4.79 Å². The molecule has 1 aromatic heterocycles. The first kappa shape index (κ1) is 16.1. The number of nitrogens with zero attached hydrogens (tertiary/aromatic N) is 2. The summed E-state index contributed by atoms with van der Waals surface area (Å²) in [5, 5.41) is 3.48. The highest BCUT2D eigenvalue weighted by Gasteiger charge is 2.33. The van der Waals surface area contributed by atoms with Crippen molar-refractivity contribution in [1.29, 1.82) is 0 Å². The Labute approximate surface area is 151 Å². The fourth-order valence-corrected chi connectivity index (χ4v) is 4.97. The summed E-state index contributed by atoms with van der Waals surface area (Å²) >= 11 is 7.46. The number of amides is 1. The molecule has 0 radical (unpaired) electrons. The van der Waals surface area contributed by atoms with Crippen molar-refractivity contribution in [2.24, 2.45) is 11.8 Å². The molecule has 1 aliphatic heterocycles. The van der Waals surface area contributed by atoms with E-state index in [9.17, 15) is 4.79 Å². The topological polar surface area (TPSA) is 33.2 Å². The van der Waals surface area contributed by atoms with Crippen LogP contribution in [-0.4, -0.2) is 28.9 Å². The second-order valence-electron chi connectivity index (χ2n) is 6.89. The number of aromatic nitrogens is 1. The van der Waals surface area contributed by atoms with Gasteiger partial charge in [-0.25, -0.2) is 4.98 Å². The fraction of sp³-hybridized carbons (Fsp3) is 0.474. The van der Waals surface area contributed by atoms with Gasteiger partial charge >= 0.3 is 0 Å². The molecule has 2 aliphatic rings. The van der Waals surface area contributed by atoms with Crippen molar-refractivity contribution in [3.8, 4) is 10.6 Å². The lowest BCUT2D eigenvalue weighted by Gasteiger charge is -2.41. The van der Waals surface area contributed by atoms with Gasteiger partial charge in [0.1, 0.15) is 10.7 Å². The number of piperidine rings is 1. The maximum Gasteiger partial charge on any atom is 0.273 e. The second-order valence-corrected chi connectivity index (χ2v) is 8.18. The predicted molar refractivity (Wildman–Crippen MR) is 98.5 cm³/mol. The molecule has 2 heterocycles. The van der Waals surface area contributed by atoms with E-state index in [0.717, 1.165) is 36.0 Å². The van der Waals surface area contributed by atoms with Crippen LogP contribution in [0.5, 0.6) is 0 Å². The van der Waals surface area contributed by atoms with Gasteiger partial charge in [-0.1, -0.05) is 43.0 Å². The van der Waals surface area contributed by atoms with Gasteiger partial charge in [-0.15, -0.1) is 11.3 Å². The van der Waals surface area contributed by atoms with E-state index >= 15 is 0 Å². The summed E-state index contributed by atoms with van der Waals surface area (Å²) in [6.07, 6.45) is 6.47. The first-order chi connectivity index (χ1) is 11.7. The summed E-state index contributed by atoms with van der Waals surface area (Å²) in [5.41, 5.74) is 1.59. The van der Waals surface area contributed by atoms with Gasteiger partial charge in [0.25, 0.3) is 5.91 Å². The molecule has 0 bridgehead atoms. The van der Waals surface area contributed by atoms with Crippen LogP contribution in [-0.2, 0) is 0 Å². The molecule has 0 spiro atoms. The van der Waals surface area contributed by atoms with Gasteiger partial charge in [0.05, 0.1) is 0 Å². The molecular formula is C19H21ClN2OS. The summed E-state index contributed by atoms with van der Waals surface area (Å²) in [7, 11) is 0. The van der Waals surface area contributed by atoms with Crippen LogP contribution in [0, 0.1) is 11.8 Å². The summed E-state index contributed by atoms with van der Waals surface area (Å²) in [6.45, 7) is 1.80. The highest BCUT2D eigenvalue weighted by molar-refractivity contribution is 7.13. The number of fused-ring (bicyclic) bond motifs is 1. The normalized spacial score (nSPS) is 23.8. The Morgan fingerprint density at radius 3 is 2.67 bits per heavy atom. The lowest BCUT2D eigenvalue weighted by atomic mass is 9.75. The number of halogens is 1. The maximum atomic E-state index is 12.8. The van der Waals surface area contributed by atoms with E-state index in [0.29, 0.717) is 16.6 Å². The van der Waals surface area contributed by atoms with Crippen LogP contribution >= 0.6 is 22.9 Å². The van der Waals surface area contributed by atoms with E-state index in [-0.39, 0.29) is 5.91 Å². The molecule has 4 rings (SSSR count). The van der Waals surface area contributed by atoms with Crippen molar-refractivity contribution in [3.05, 3.63) is 40.4 Å². The highest BCUT2D eigenvalue weighted by Crippen LogP contribution is 2.36. The molecule has 5 heteroatoms. The molecule has 1 aliphatic carbocycles. The molecule has 2 fully saturated rings. The van der Waals surface area contributed by atoms with Gasteiger partial charge in [-0.2, -0.15) is 0 Å². The average molecular weight is 361 g/mol. The van der Waals surface area contributed by atoms with Crippen LogP contribution in [0.25, 0.3) is 10.6 Å². The van der Waals surface area contributed by atoms with Crippen LogP contribution in [0.1, 0.15) is 42.6 Å². The van der Waals surface area contributed by atoms with Gasteiger partial charge in [-0.05, 0) is 36.8 Å². The number of rotatable bonds is 2. The molecule has 1 amide bonds. The Morgan fingerprint density at radius 1 is 1.12 bits per heavy atom. The largest absolute Gasteiger partial charge is 0.337 e. The second kappa shape index (κ2) is 6.85. The number of thiazole rings is 1. The molecule has 1 saturated heterocycles. The third kappa shape index (κ3) is 3.22. The third-order valence-corrected chi connectivity index (χ3v) is 6.54. The predicted octanol–water partition coefficient (Wildman–Crippen LogP) is 5.12. The molecule has 126 valence electrons. The minimum absolute atomic E-state index is 0.0930. The van der Waals surface area contributed by atoms with Gasteiger partial charge in [0.2, 0.25) is 0 Å². The standard InChI is InChI=1S/C19H21ClN2OS/c20-16-7-5-14(6-8-16)18-21-17(12-24-18)19(23)22-10-9-13-3-1-2-4-15(13)11-22/h5-8,12-13,15H,1-4,9-11H2/t13-,15-/m1/s1. The quantitative estimate of drug-likeness (QED) is 0.745. The zero-order valence-electron chi connectivity index (χ0n) is 13.6. The molecule has 1 saturated carbocycles. The number of carbonyl (C=O) groups is 1. The van der Waals surface area contributed by atoms with Crippen LogP contribution < -0.4 is 0 Å². The van der Waals surface area contributed by atoms with Crippen LogP contribution in [0.3, 0.4) is 0 Å². The minimum Gasteiger partial charge on any atom is -0.337 e. The number of likely N-dealkylation sites (tertiary alicyclic amines) is 1. The third-order valence-electron chi connectivity index (χ3n) is 5.39. The van der Waals surface area contributed by atoms with Gasteiger partial charge in [-0.3, -0.25) is 4.79 Å². The Morgan fingerprint density at radius 2 is 1.88 bits per heavy atom. The van der Waals surface area contributed by atoms with Crippen molar-refractivity contribution in [2.75, 3.05) is 13.1 Å². The zero-order valence-corrected chi connectivity index (χ0v) is 15.2. The van der Waals surface area contributed by atoms with E-state index in [1.54, 1.807) is 0 Å². The summed E-state index contributed by atoms with van der Waals surface area (Å²) < 4.78 is 0. The van der Waals surface area contributed by atoms with Gasteiger partial charge < -0.3 is 4.90 Å². The van der Waals surface area contributed by atoms with E-state index in [2.05, 4.69) is 4.98 Å². The van der Waals surface area contributed by atoms with Crippen LogP contribution in [0.4, 0.5) is 0 Å². The molecule has 24 heavy (non-hydrogen) atoms. The van der Waals surface area contributed by atoms with E-state index < -0.39 is 0 Å². The SMILES string of the molecule is O=C(c1csc(-c2ccc(Cl)cc2)n1)N1CC[C@H]2CCCC[C@@H]2C1. The first-order valence-electron chi connectivity index (χ1n) is 8.71. The Hall–Kier alpha value is -1.39. The molecule has 3 nitrogen and oxygen atoms in total. The number of hydrogen-bond acceptors (Lipinski definition) is 3. The number of hydrogen-bond donors (Lipinski definition) is 0. The number of carbonyl (C=O) groups excluding carboxylic acids is 1. The average Bonchev–Trinajstić information content (AvgIpc) is 3.11. The summed E-state index contributed by atoms with van der Waals surface area (Å²) in [4.78, 5) is 19.4. The minimum atomic E-state index is 0.0930. The fourth-order valence-electron chi connectivity index (χ4n) is 4.04. The van der Waals surface area contributed by atoms with Gasteiger partial charge in [0, 0.05) is 29.1 Å². The summed E-state index contributed by atoms with van der Waals surface area (Å²) in [5.74, 6) is 1.63. The molecule has 2 aromatic rings. The van der Waals surface area contributed by atoms with Crippen molar-refractivity contribution in [1.82, 2.24) is 9.88 Å². The molecule has 1 aromatic carbocycles. The van der Waals surface area contributed by atoms with E-state index in [4.69, 9.17) is 11.6 Å². The van der Waals surface area contributed by atoms with Crippen molar-refractivity contribution >= 4 is 28.8 Å². The molecule has 0 N–H and O–H groups in total. The summed E-state index contributed by atoms with van der Waals surface area (Å²) in [6, 6.07) is 7.60. The first-order valence-corrected chi connectivity index (χ1v) is 9.97. The Balaban J connectivity index is 1.48.